The fourth-order valence-electron chi connectivity index (χ4n) is 1.75. The average molecular weight is 236 g/mol. The van der Waals surface area contributed by atoms with Gasteiger partial charge in [0.05, 0.1) is 19.6 Å². The maximum atomic E-state index is 9.75. The molecule has 17 heavy (non-hydrogen) atoms. The number of fused-ring (bicyclic) bond motifs is 1. The number of aliphatic hydroxyl groups is 1. The Morgan fingerprint density at radius 2 is 2.00 bits per heavy atom. The van der Waals surface area contributed by atoms with Crippen molar-refractivity contribution < 1.29 is 19.0 Å². The monoisotopic (exact) mass is 236 g/mol. The Balaban J connectivity index is 2.58. The summed E-state index contributed by atoms with van der Waals surface area (Å²) in [6.45, 7) is 1.90. The van der Waals surface area contributed by atoms with Gasteiger partial charge in [-0.15, -0.1) is 0 Å². The van der Waals surface area contributed by atoms with E-state index in [-0.39, 0.29) is 0 Å². The molecular formula is C13H16O4. The van der Waals surface area contributed by atoms with E-state index in [9.17, 15) is 5.11 Å². The molecule has 2 aromatic rings. The molecule has 92 valence electrons. The lowest BCUT2D eigenvalue weighted by atomic mass is 10.2. The summed E-state index contributed by atoms with van der Waals surface area (Å²) < 4.78 is 16.0. The summed E-state index contributed by atoms with van der Waals surface area (Å²) in [6.07, 6.45) is 0.0253. The Morgan fingerprint density at radius 1 is 1.24 bits per heavy atom. The molecule has 0 aliphatic heterocycles. The normalized spacial score (nSPS) is 12.7. The van der Waals surface area contributed by atoms with Crippen molar-refractivity contribution in [3.8, 4) is 11.5 Å². The van der Waals surface area contributed by atoms with Crippen molar-refractivity contribution in [3.63, 3.8) is 0 Å². The Hall–Kier alpha value is -1.68. The van der Waals surface area contributed by atoms with Crippen LogP contribution in [0.25, 0.3) is 11.0 Å². The van der Waals surface area contributed by atoms with Crippen LogP contribution in [0.1, 0.15) is 25.2 Å². The van der Waals surface area contributed by atoms with Gasteiger partial charge < -0.3 is 19.0 Å². The third-order valence-electron chi connectivity index (χ3n) is 2.76. The molecule has 0 radical (unpaired) electrons. The van der Waals surface area contributed by atoms with Gasteiger partial charge in [-0.05, 0) is 12.5 Å². The van der Waals surface area contributed by atoms with Crippen LogP contribution in [-0.4, -0.2) is 19.3 Å². The summed E-state index contributed by atoms with van der Waals surface area (Å²) in [6, 6.07) is 5.38. The lowest BCUT2D eigenvalue weighted by molar-refractivity contribution is 0.148. The van der Waals surface area contributed by atoms with Crippen molar-refractivity contribution in [2.75, 3.05) is 14.2 Å². The van der Waals surface area contributed by atoms with Gasteiger partial charge in [0.1, 0.15) is 28.9 Å². The van der Waals surface area contributed by atoms with E-state index in [1.807, 2.05) is 13.0 Å². The number of furan rings is 1. The number of hydrogen-bond donors (Lipinski definition) is 1. The Morgan fingerprint density at radius 3 is 2.59 bits per heavy atom. The molecular weight excluding hydrogens is 220 g/mol. The summed E-state index contributed by atoms with van der Waals surface area (Å²) in [7, 11) is 3.18. The summed E-state index contributed by atoms with van der Waals surface area (Å²) in [5.74, 6) is 1.90. The summed E-state index contributed by atoms with van der Waals surface area (Å²) in [5, 5.41) is 10.6. The molecule has 4 heteroatoms. The van der Waals surface area contributed by atoms with Gasteiger partial charge in [0, 0.05) is 12.1 Å². The Kier molecular flexibility index (Phi) is 3.24. The van der Waals surface area contributed by atoms with Crippen LogP contribution in [0.2, 0.25) is 0 Å². The number of rotatable bonds is 4. The first-order chi connectivity index (χ1) is 8.19. The highest BCUT2D eigenvalue weighted by atomic mass is 16.5. The molecule has 0 amide bonds. The summed E-state index contributed by atoms with van der Waals surface area (Å²) in [4.78, 5) is 0. The molecule has 0 aliphatic rings. The fraction of sp³-hybridized carbons (Fsp3) is 0.385. The van der Waals surface area contributed by atoms with E-state index in [0.717, 1.165) is 5.39 Å². The van der Waals surface area contributed by atoms with Gasteiger partial charge in [-0.1, -0.05) is 6.92 Å². The zero-order chi connectivity index (χ0) is 12.4. The van der Waals surface area contributed by atoms with Crippen LogP contribution in [0.4, 0.5) is 0 Å². The number of ether oxygens (including phenoxy) is 2. The second kappa shape index (κ2) is 4.67. The molecule has 0 spiro atoms. The maximum absolute atomic E-state index is 9.75. The molecule has 1 aromatic carbocycles. The Bertz CT molecular complexity index is 515. The highest BCUT2D eigenvalue weighted by molar-refractivity contribution is 5.86. The van der Waals surface area contributed by atoms with E-state index < -0.39 is 6.10 Å². The minimum atomic E-state index is -0.585. The topological polar surface area (TPSA) is 51.8 Å². The van der Waals surface area contributed by atoms with Crippen LogP contribution in [-0.2, 0) is 0 Å². The first kappa shape index (κ1) is 11.8. The molecule has 1 heterocycles. The predicted octanol–water partition coefficient (Wildman–Crippen LogP) is 2.89. The molecule has 0 fully saturated rings. The van der Waals surface area contributed by atoms with Crippen molar-refractivity contribution in [2.45, 2.75) is 19.4 Å². The average Bonchev–Trinajstić information content (AvgIpc) is 2.80. The minimum Gasteiger partial charge on any atom is -0.496 e. The van der Waals surface area contributed by atoms with Gasteiger partial charge in [0.15, 0.2) is 0 Å². The van der Waals surface area contributed by atoms with E-state index >= 15 is 0 Å². The first-order valence-electron chi connectivity index (χ1n) is 5.53. The predicted molar refractivity (Wildman–Crippen MR) is 64.6 cm³/mol. The van der Waals surface area contributed by atoms with Crippen LogP contribution in [0.15, 0.2) is 22.6 Å². The third kappa shape index (κ3) is 2.08. The zero-order valence-corrected chi connectivity index (χ0v) is 10.2. The molecule has 0 aliphatic carbocycles. The van der Waals surface area contributed by atoms with E-state index in [1.165, 1.54) is 0 Å². The molecule has 0 saturated carbocycles. The van der Waals surface area contributed by atoms with Crippen molar-refractivity contribution in [1.29, 1.82) is 0 Å². The molecule has 2 rings (SSSR count). The number of aliphatic hydroxyl groups excluding tert-OH is 1. The van der Waals surface area contributed by atoms with Gasteiger partial charge in [0.2, 0.25) is 0 Å². The fourth-order valence-corrected chi connectivity index (χ4v) is 1.75. The number of hydrogen-bond acceptors (Lipinski definition) is 4. The summed E-state index contributed by atoms with van der Waals surface area (Å²) >= 11 is 0. The van der Waals surface area contributed by atoms with E-state index in [0.29, 0.717) is 29.3 Å². The SMILES string of the molecule is CCC(O)c1cc2c(OC)cc(OC)cc2o1. The molecule has 1 atom stereocenters. The number of benzene rings is 1. The maximum Gasteiger partial charge on any atom is 0.141 e. The van der Waals surface area contributed by atoms with Crippen LogP contribution in [0.3, 0.4) is 0 Å². The van der Waals surface area contributed by atoms with Crippen molar-refractivity contribution in [3.05, 3.63) is 24.0 Å². The lowest BCUT2D eigenvalue weighted by Gasteiger charge is -2.04. The molecule has 1 aromatic heterocycles. The molecule has 1 N–H and O–H groups in total. The van der Waals surface area contributed by atoms with Gasteiger partial charge >= 0.3 is 0 Å². The lowest BCUT2D eigenvalue weighted by Crippen LogP contribution is -1.91. The van der Waals surface area contributed by atoms with Gasteiger partial charge in [-0.3, -0.25) is 0 Å². The highest BCUT2D eigenvalue weighted by Gasteiger charge is 2.15. The quantitative estimate of drug-likeness (QED) is 0.886. The van der Waals surface area contributed by atoms with Crippen molar-refractivity contribution in [2.24, 2.45) is 0 Å². The first-order valence-corrected chi connectivity index (χ1v) is 5.53. The van der Waals surface area contributed by atoms with Gasteiger partial charge in [0.25, 0.3) is 0 Å². The van der Waals surface area contributed by atoms with E-state index in [2.05, 4.69) is 0 Å². The largest absolute Gasteiger partial charge is 0.496 e. The van der Waals surface area contributed by atoms with E-state index in [4.69, 9.17) is 13.9 Å². The van der Waals surface area contributed by atoms with Crippen LogP contribution >= 0.6 is 0 Å². The minimum absolute atomic E-state index is 0.550. The van der Waals surface area contributed by atoms with Crippen LogP contribution in [0.5, 0.6) is 11.5 Å². The molecule has 0 saturated heterocycles. The van der Waals surface area contributed by atoms with E-state index in [1.54, 1.807) is 26.4 Å². The molecule has 1 unspecified atom stereocenters. The van der Waals surface area contributed by atoms with Crippen LogP contribution < -0.4 is 9.47 Å². The summed E-state index contributed by atoms with van der Waals surface area (Å²) in [5.41, 5.74) is 0.656. The van der Waals surface area contributed by atoms with Crippen molar-refractivity contribution in [1.82, 2.24) is 0 Å². The number of methoxy groups -OCH3 is 2. The highest BCUT2D eigenvalue weighted by Crippen LogP contribution is 2.35. The molecule has 0 bridgehead atoms. The molecule has 4 nitrogen and oxygen atoms in total. The standard InChI is InChI=1S/C13H16O4/c1-4-10(14)13-7-9-11(16-3)5-8(15-2)6-12(9)17-13/h5-7,10,14H,4H2,1-3H3. The third-order valence-corrected chi connectivity index (χ3v) is 2.76. The van der Waals surface area contributed by atoms with Gasteiger partial charge in [-0.2, -0.15) is 0 Å². The van der Waals surface area contributed by atoms with Crippen molar-refractivity contribution >= 4 is 11.0 Å². The second-order valence-electron chi connectivity index (χ2n) is 3.81. The smallest absolute Gasteiger partial charge is 0.141 e. The Labute approximate surface area is 99.8 Å². The zero-order valence-electron chi connectivity index (χ0n) is 10.2. The second-order valence-corrected chi connectivity index (χ2v) is 3.81. The van der Waals surface area contributed by atoms with Crippen LogP contribution in [0, 0.1) is 0 Å². The van der Waals surface area contributed by atoms with Gasteiger partial charge in [-0.25, -0.2) is 0 Å².